The molecule has 0 bridgehead atoms. The molecule has 0 spiro atoms. The van der Waals surface area contributed by atoms with Gasteiger partial charge >= 0.3 is 0 Å². The molecule has 0 heterocycles. The summed E-state index contributed by atoms with van der Waals surface area (Å²) in [6, 6.07) is 14.3. The maximum absolute atomic E-state index is 12.0. The first-order valence-electron chi connectivity index (χ1n) is 6.59. The Kier molecular flexibility index (Phi) is 4.92. The van der Waals surface area contributed by atoms with Gasteiger partial charge in [0.1, 0.15) is 0 Å². The molecule has 116 valence electrons. The molecular weight excluding hydrogens is 302 g/mol. The average Bonchev–Trinajstić information content (AvgIpc) is 2.48. The van der Waals surface area contributed by atoms with Crippen molar-refractivity contribution in [1.29, 1.82) is 0 Å². The largest absolute Gasteiger partial charge is 0.325 e. The fraction of sp³-hybridized carbons (Fsp3) is 0.133. The molecule has 0 fully saturated rings. The van der Waals surface area contributed by atoms with Crippen molar-refractivity contribution in [1.82, 2.24) is 0 Å². The highest BCUT2D eigenvalue weighted by Gasteiger charge is 2.14. The minimum absolute atomic E-state index is 0.0147. The molecule has 0 aliphatic rings. The third-order valence-electron chi connectivity index (χ3n) is 3.09. The smallest absolute Gasteiger partial charge is 0.241 e. The predicted molar refractivity (Wildman–Crippen MR) is 84.6 cm³/mol. The highest BCUT2D eigenvalue weighted by atomic mass is 32.2. The second-order valence-corrected chi connectivity index (χ2v) is 6.42. The third-order valence-corrected chi connectivity index (χ3v) is 4.01. The molecule has 2 aromatic rings. The molecule has 0 radical (unpaired) electrons. The van der Waals surface area contributed by atoms with E-state index in [1.807, 2.05) is 30.3 Å². The lowest BCUT2D eigenvalue weighted by atomic mass is 10.1. The SMILES string of the molecule is N[C@@H](Cc1ccccc1)C(=O)Nc1ccc(S(N)(=O)=O)cc1. The van der Waals surface area contributed by atoms with E-state index < -0.39 is 16.1 Å². The normalized spacial score (nSPS) is 12.6. The molecule has 1 amide bonds. The zero-order valence-corrected chi connectivity index (χ0v) is 12.6. The lowest BCUT2D eigenvalue weighted by molar-refractivity contribution is -0.117. The van der Waals surface area contributed by atoms with Crippen LogP contribution in [0, 0.1) is 0 Å². The Morgan fingerprint density at radius 2 is 1.64 bits per heavy atom. The second kappa shape index (κ2) is 6.69. The number of carbonyl (C=O) groups excluding carboxylic acids is 1. The summed E-state index contributed by atoms with van der Waals surface area (Å²) in [6.07, 6.45) is 0.419. The number of nitrogens with two attached hydrogens (primary N) is 2. The summed E-state index contributed by atoms with van der Waals surface area (Å²) in [6.45, 7) is 0. The number of hydrogen-bond donors (Lipinski definition) is 3. The van der Waals surface area contributed by atoms with Gasteiger partial charge in [0.05, 0.1) is 10.9 Å². The van der Waals surface area contributed by atoms with E-state index in [2.05, 4.69) is 5.32 Å². The summed E-state index contributed by atoms with van der Waals surface area (Å²) < 4.78 is 22.3. The van der Waals surface area contributed by atoms with E-state index in [9.17, 15) is 13.2 Å². The van der Waals surface area contributed by atoms with Crippen LogP contribution in [0.25, 0.3) is 0 Å². The number of carbonyl (C=O) groups is 1. The Morgan fingerprint density at radius 3 is 2.18 bits per heavy atom. The molecule has 5 N–H and O–H groups in total. The maximum Gasteiger partial charge on any atom is 0.241 e. The van der Waals surface area contributed by atoms with Gasteiger partial charge in [-0.15, -0.1) is 0 Å². The van der Waals surface area contributed by atoms with E-state index in [1.54, 1.807) is 0 Å². The predicted octanol–water partition coefficient (Wildman–Crippen LogP) is 0.843. The number of rotatable bonds is 5. The van der Waals surface area contributed by atoms with Gasteiger partial charge in [-0.25, -0.2) is 13.6 Å². The molecule has 2 rings (SSSR count). The van der Waals surface area contributed by atoms with Crippen LogP contribution >= 0.6 is 0 Å². The molecule has 1 atom stereocenters. The van der Waals surface area contributed by atoms with Crippen molar-refractivity contribution in [3.8, 4) is 0 Å². The van der Waals surface area contributed by atoms with E-state index in [0.29, 0.717) is 12.1 Å². The van der Waals surface area contributed by atoms with Crippen molar-refractivity contribution >= 4 is 21.6 Å². The van der Waals surface area contributed by atoms with Crippen LogP contribution in [0.15, 0.2) is 59.5 Å². The molecular formula is C15H17N3O3S. The molecule has 0 aromatic heterocycles. The van der Waals surface area contributed by atoms with E-state index in [1.165, 1.54) is 24.3 Å². The van der Waals surface area contributed by atoms with Crippen molar-refractivity contribution in [3.05, 3.63) is 60.2 Å². The first-order valence-corrected chi connectivity index (χ1v) is 8.14. The minimum atomic E-state index is -3.74. The number of sulfonamides is 1. The standard InChI is InChI=1S/C15H17N3O3S/c16-14(10-11-4-2-1-3-5-11)15(19)18-12-6-8-13(9-7-12)22(17,20)21/h1-9,14H,10,16H2,(H,18,19)(H2,17,20,21)/t14-/m0/s1. The molecule has 0 aliphatic heterocycles. The molecule has 7 heteroatoms. The highest BCUT2D eigenvalue weighted by molar-refractivity contribution is 7.89. The summed E-state index contributed by atoms with van der Waals surface area (Å²) >= 11 is 0. The Hall–Kier alpha value is -2.22. The van der Waals surface area contributed by atoms with Gasteiger partial charge < -0.3 is 11.1 Å². The Labute approximate surface area is 129 Å². The van der Waals surface area contributed by atoms with Gasteiger partial charge in [-0.1, -0.05) is 30.3 Å². The van der Waals surface area contributed by atoms with Crippen LogP contribution in [-0.4, -0.2) is 20.4 Å². The van der Waals surface area contributed by atoms with E-state index >= 15 is 0 Å². The first-order chi connectivity index (χ1) is 10.4. The van der Waals surface area contributed by atoms with Gasteiger partial charge in [0.2, 0.25) is 15.9 Å². The highest BCUT2D eigenvalue weighted by Crippen LogP contribution is 2.13. The number of amides is 1. The van der Waals surface area contributed by atoms with Crippen molar-refractivity contribution in [2.24, 2.45) is 10.9 Å². The molecule has 0 aliphatic carbocycles. The molecule has 6 nitrogen and oxygen atoms in total. The van der Waals surface area contributed by atoms with Crippen LogP contribution in [0.1, 0.15) is 5.56 Å². The lowest BCUT2D eigenvalue weighted by Crippen LogP contribution is -2.37. The molecule has 0 saturated heterocycles. The average molecular weight is 319 g/mol. The van der Waals surface area contributed by atoms with Crippen LogP contribution < -0.4 is 16.2 Å². The van der Waals surface area contributed by atoms with Crippen molar-refractivity contribution in [3.63, 3.8) is 0 Å². The van der Waals surface area contributed by atoms with Crippen molar-refractivity contribution in [2.75, 3.05) is 5.32 Å². The van der Waals surface area contributed by atoms with Gasteiger partial charge in [0.25, 0.3) is 0 Å². The van der Waals surface area contributed by atoms with Crippen LogP contribution in [-0.2, 0) is 21.2 Å². The lowest BCUT2D eigenvalue weighted by Gasteiger charge is -2.12. The zero-order valence-electron chi connectivity index (χ0n) is 11.8. The second-order valence-electron chi connectivity index (χ2n) is 4.85. The Balaban J connectivity index is 1.99. The van der Waals surface area contributed by atoms with Crippen LogP contribution in [0.2, 0.25) is 0 Å². The minimum Gasteiger partial charge on any atom is -0.325 e. The summed E-state index contributed by atoms with van der Waals surface area (Å²) in [7, 11) is -3.74. The van der Waals surface area contributed by atoms with E-state index in [4.69, 9.17) is 10.9 Å². The van der Waals surface area contributed by atoms with E-state index in [0.717, 1.165) is 5.56 Å². The molecule has 0 saturated carbocycles. The summed E-state index contributed by atoms with van der Waals surface area (Å²) in [5.41, 5.74) is 7.29. The van der Waals surface area contributed by atoms with Crippen LogP contribution in [0.4, 0.5) is 5.69 Å². The monoisotopic (exact) mass is 319 g/mol. The van der Waals surface area contributed by atoms with Crippen molar-refractivity contribution < 1.29 is 13.2 Å². The van der Waals surface area contributed by atoms with E-state index in [-0.39, 0.29) is 10.8 Å². The van der Waals surface area contributed by atoms with Crippen molar-refractivity contribution in [2.45, 2.75) is 17.4 Å². The summed E-state index contributed by atoms with van der Waals surface area (Å²) in [5.74, 6) is -0.341. The van der Waals surface area contributed by atoms with Crippen LogP contribution in [0.5, 0.6) is 0 Å². The summed E-state index contributed by atoms with van der Waals surface area (Å²) in [5, 5.41) is 7.65. The number of anilines is 1. The fourth-order valence-electron chi connectivity index (χ4n) is 1.92. The fourth-order valence-corrected chi connectivity index (χ4v) is 2.44. The number of benzene rings is 2. The zero-order chi connectivity index (χ0) is 16.2. The van der Waals surface area contributed by atoms with Gasteiger partial charge in [-0.2, -0.15) is 0 Å². The van der Waals surface area contributed by atoms with Gasteiger partial charge in [0.15, 0.2) is 0 Å². The Morgan fingerprint density at radius 1 is 1.05 bits per heavy atom. The summed E-state index contributed by atoms with van der Waals surface area (Å²) in [4.78, 5) is 12.0. The van der Waals surface area contributed by atoms with Gasteiger partial charge in [-0.3, -0.25) is 4.79 Å². The van der Waals surface area contributed by atoms with Gasteiger partial charge in [0, 0.05) is 5.69 Å². The number of nitrogens with one attached hydrogen (secondary N) is 1. The Bertz CT molecular complexity index is 743. The maximum atomic E-state index is 12.0. The topological polar surface area (TPSA) is 115 Å². The first kappa shape index (κ1) is 16.2. The number of hydrogen-bond acceptors (Lipinski definition) is 4. The van der Waals surface area contributed by atoms with Crippen LogP contribution in [0.3, 0.4) is 0 Å². The molecule has 22 heavy (non-hydrogen) atoms. The third kappa shape index (κ3) is 4.39. The quantitative estimate of drug-likeness (QED) is 0.757. The van der Waals surface area contributed by atoms with Gasteiger partial charge in [-0.05, 0) is 36.2 Å². The number of primary sulfonamides is 1. The molecule has 0 unspecified atom stereocenters. The molecule has 2 aromatic carbocycles.